The van der Waals surface area contributed by atoms with Gasteiger partial charge in [0, 0.05) is 17.7 Å². The molecule has 1 amide bonds. The molecule has 1 N–H and O–H groups in total. The van der Waals surface area contributed by atoms with Crippen molar-refractivity contribution in [2.45, 2.75) is 13.8 Å². The molecule has 0 atom stereocenters. The Hall–Kier alpha value is -2.89. The van der Waals surface area contributed by atoms with Gasteiger partial charge in [0.15, 0.2) is 0 Å². The standard InChI is InChI=1S/C17H18N2O4/c1-12-3-4-13(2)16(11-12)23-10-9-18-17(20)14-5-7-15(8-6-14)19(21)22/h3-8,11H,9-10H2,1-2H3,(H,18,20). The fourth-order valence-electron chi connectivity index (χ4n) is 2.02. The van der Waals surface area contributed by atoms with Crippen molar-refractivity contribution in [3.63, 3.8) is 0 Å². The van der Waals surface area contributed by atoms with Crippen molar-refractivity contribution in [1.82, 2.24) is 5.32 Å². The predicted molar refractivity (Wildman–Crippen MR) is 86.8 cm³/mol. The first-order chi connectivity index (χ1) is 11.0. The summed E-state index contributed by atoms with van der Waals surface area (Å²) in [6.07, 6.45) is 0. The van der Waals surface area contributed by atoms with E-state index in [1.807, 2.05) is 32.0 Å². The minimum absolute atomic E-state index is 0.0418. The first-order valence-electron chi connectivity index (χ1n) is 7.20. The predicted octanol–water partition coefficient (Wildman–Crippen LogP) is 3.02. The molecule has 0 bridgehead atoms. The average Bonchev–Trinajstić information content (AvgIpc) is 2.54. The second kappa shape index (κ2) is 7.40. The molecule has 23 heavy (non-hydrogen) atoms. The maximum atomic E-state index is 11.9. The number of carbonyl (C=O) groups is 1. The highest BCUT2D eigenvalue weighted by Crippen LogP contribution is 2.18. The number of hydrogen-bond donors (Lipinski definition) is 1. The van der Waals surface area contributed by atoms with Crippen molar-refractivity contribution >= 4 is 11.6 Å². The molecule has 0 aliphatic carbocycles. The Balaban J connectivity index is 1.82. The number of nitrogens with zero attached hydrogens (tertiary/aromatic N) is 1. The van der Waals surface area contributed by atoms with E-state index in [2.05, 4.69) is 5.32 Å². The second-order valence-electron chi connectivity index (χ2n) is 5.18. The Labute approximate surface area is 134 Å². The Bertz CT molecular complexity index is 711. The SMILES string of the molecule is Cc1ccc(C)c(OCCNC(=O)c2ccc([N+](=O)[O-])cc2)c1. The van der Waals surface area contributed by atoms with Crippen LogP contribution in [-0.4, -0.2) is 24.0 Å². The minimum atomic E-state index is -0.500. The molecule has 0 radical (unpaired) electrons. The van der Waals surface area contributed by atoms with E-state index in [9.17, 15) is 14.9 Å². The maximum absolute atomic E-state index is 11.9. The monoisotopic (exact) mass is 314 g/mol. The Morgan fingerprint density at radius 2 is 1.87 bits per heavy atom. The summed E-state index contributed by atoms with van der Waals surface area (Å²) in [6, 6.07) is 11.4. The van der Waals surface area contributed by atoms with Crippen LogP contribution in [0.4, 0.5) is 5.69 Å². The number of rotatable bonds is 6. The van der Waals surface area contributed by atoms with Crippen molar-refractivity contribution < 1.29 is 14.5 Å². The Morgan fingerprint density at radius 1 is 1.17 bits per heavy atom. The molecule has 0 aromatic heterocycles. The van der Waals surface area contributed by atoms with Gasteiger partial charge in [-0.2, -0.15) is 0 Å². The van der Waals surface area contributed by atoms with Crippen molar-refractivity contribution in [3.05, 3.63) is 69.3 Å². The van der Waals surface area contributed by atoms with Gasteiger partial charge in [-0.15, -0.1) is 0 Å². The number of amides is 1. The molecule has 0 unspecified atom stereocenters. The zero-order valence-electron chi connectivity index (χ0n) is 13.0. The summed E-state index contributed by atoms with van der Waals surface area (Å²) in [5, 5.41) is 13.3. The quantitative estimate of drug-likeness (QED) is 0.505. The van der Waals surface area contributed by atoms with E-state index in [-0.39, 0.29) is 11.6 Å². The van der Waals surface area contributed by atoms with Gasteiger partial charge < -0.3 is 10.1 Å². The summed E-state index contributed by atoms with van der Waals surface area (Å²) in [7, 11) is 0. The molecule has 0 aliphatic rings. The van der Waals surface area contributed by atoms with E-state index in [0.29, 0.717) is 18.7 Å². The highest BCUT2D eigenvalue weighted by Gasteiger charge is 2.09. The number of carbonyl (C=O) groups excluding carboxylic acids is 1. The number of nitro groups is 1. The second-order valence-corrected chi connectivity index (χ2v) is 5.18. The van der Waals surface area contributed by atoms with E-state index in [4.69, 9.17) is 4.74 Å². The van der Waals surface area contributed by atoms with Crippen LogP contribution in [-0.2, 0) is 0 Å². The maximum Gasteiger partial charge on any atom is 0.269 e. The summed E-state index contributed by atoms with van der Waals surface area (Å²) in [5.41, 5.74) is 2.49. The zero-order chi connectivity index (χ0) is 16.8. The van der Waals surface area contributed by atoms with Crippen molar-refractivity contribution in [2.75, 3.05) is 13.2 Å². The lowest BCUT2D eigenvalue weighted by Gasteiger charge is -2.10. The third-order valence-corrected chi connectivity index (χ3v) is 3.33. The zero-order valence-corrected chi connectivity index (χ0v) is 13.0. The van der Waals surface area contributed by atoms with Gasteiger partial charge in [-0.1, -0.05) is 12.1 Å². The van der Waals surface area contributed by atoms with Crippen LogP contribution in [0.1, 0.15) is 21.5 Å². The van der Waals surface area contributed by atoms with Crippen LogP contribution in [0, 0.1) is 24.0 Å². The molecule has 0 saturated heterocycles. The fraction of sp³-hybridized carbons (Fsp3) is 0.235. The molecule has 0 spiro atoms. The van der Waals surface area contributed by atoms with Crippen LogP contribution in [0.5, 0.6) is 5.75 Å². The van der Waals surface area contributed by atoms with Gasteiger partial charge >= 0.3 is 0 Å². The lowest BCUT2D eigenvalue weighted by atomic mass is 10.1. The van der Waals surface area contributed by atoms with Crippen LogP contribution in [0.25, 0.3) is 0 Å². The van der Waals surface area contributed by atoms with Gasteiger partial charge in [-0.25, -0.2) is 0 Å². The molecule has 2 rings (SSSR count). The largest absolute Gasteiger partial charge is 0.491 e. The molecule has 6 nitrogen and oxygen atoms in total. The van der Waals surface area contributed by atoms with Crippen LogP contribution in [0.2, 0.25) is 0 Å². The summed E-state index contributed by atoms with van der Waals surface area (Å²) >= 11 is 0. The third kappa shape index (κ3) is 4.54. The topological polar surface area (TPSA) is 81.5 Å². The van der Waals surface area contributed by atoms with E-state index in [0.717, 1.165) is 16.9 Å². The normalized spacial score (nSPS) is 10.2. The summed E-state index contributed by atoms with van der Waals surface area (Å²) < 4.78 is 5.65. The average molecular weight is 314 g/mol. The van der Waals surface area contributed by atoms with E-state index >= 15 is 0 Å². The Morgan fingerprint density at radius 3 is 2.52 bits per heavy atom. The molecule has 120 valence electrons. The highest BCUT2D eigenvalue weighted by atomic mass is 16.6. The van der Waals surface area contributed by atoms with E-state index < -0.39 is 4.92 Å². The number of non-ortho nitro benzene ring substituents is 1. The van der Waals surface area contributed by atoms with E-state index in [1.165, 1.54) is 24.3 Å². The molecule has 6 heteroatoms. The number of nitro benzene ring substituents is 1. The van der Waals surface area contributed by atoms with Crippen LogP contribution < -0.4 is 10.1 Å². The van der Waals surface area contributed by atoms with Crippen molar-refractivity contribution in [2.24, 2.45) is 0 Å². The highest BCUT2D eigenvalue weighted by molar-refractivity contribution is 5.94. The number of hydrogen-bond acceptors (Lipinski definition) is 4. The van der Waals surface area contributed by atoms with Gasteiger partial charge in [0.25, 0.3) is 11.6 Å². The molecule has 0 saturated carbocycles. The molecule has 2 aromatic carbocycles. The van der Waals surface area contributed by atoms with Gasteiger partial charge in [0.1, 0.15) is 12.4 Å². The summed E-state index contributed by atoms with van der Waals surface area (Å²) in [4.78, 5) is 22.0. The van der Waals surface area contributed by atoms with Gasteiger partial charge in [-0.05, 0) is 43.2 Å². The first-order valence-corrected chi connectivity index (χ1v) is 7.20. The molecular formula is C17H18N2O4. The van der Waals surface area contributed by atoms with Crippen molar-refractivity contribution in [1.29, 1.82) is 0 Å². The molecule has 0 fully saturated rings. The van der Waals surface area contributed by atoms with Gasteiger partial charge in [0.05, 0.1) is 11.5 Å². The summed E-state index contributed by atoms with van der Waals surface area (Å²) in [6.45, 7) is 4.65. The van der Waals surface area contributed by atoms with Crippen LogP contribution in [0.3, 0.4) is 0 Å². The number of ether oxygens (including phenoxy) is 1. The van der Waals surface area contributed by atoms with Gasteiger partial charge in [-0.3, -0.25) is 14.9 Å². The van der Waals surface area contributed by atoms with Crippen molar-refractivity contribution in [3.8, 4) is 5.75 Å². The molecule has 0 heterocycles. The smallest absolute Gasteiger partial charge is 0.269 e. The molecule has 0 aliphatic heterocycles. The molecular weight excluding hydrogens is 296 g/mol. The lowest BCUT2D eigenvalue weighted by molar-refractivity contribution is -0.384. The lowest BCUT2D eigenvalue weighted by Crippen LogP contribution is -2.28. The van der Waals surface area contributed by atoms with E-state index in [1.54, 1.807) is 0 Å². The van der Waals surface area contributed by atoms with Crippen LogP contribution >= 0.6 is 0 Å². The fourth-order valence-corrected chi connectivity index (χ4v) is 2.02. The first kappa shape index (κ1) is 16.5. The molecule has 2 aromatic rings. The summed E-state index contributed by atoms with van der Waals surface area (Å²) in [5.74, 6) is 0.513. The number of nitrogens with one attached hydrogen (secondary N) is 1. The number of aryl methyl sites for hydroxylation is 2. The number of benzene rings is 2. The minimum Gasteiger partial charge on any atom is -0.491 e. The Kier molecular flexibility index (Phi) is 5.30. The third-order valence-electron chi connectivity index (χ3n) is 3.33. The van der Waals surface area contributed by atoms with Crippen LogP contribution in [0.15, 0.2) is 42.5 Å². The van der Waals surface area contributed by atoms with Gasteiger partial charge in [0.2, 0.25) is 0 Å².